The second-order valence-corrected chi connectivity index (χ2v) is 11.0. The smallest absolute Gasteiger partial charge is 0.318 e. The third-order valence-electron chi connectivity index (χ3n) is 5.96. The number of fused-ring (bicyclic) bond motifs is 1. The maximum atomic E-state index is 13.5. The summed E-state index contributed by atoms with van der Waals surface area (Å²) in [6.07, 6.45) is 1.70. The lowest BCUT2D eigenvalue weighted by molar-refractivity contribution is -0.135. The highest BCUT2D eigenvalue weighted by Gasteiger charge is 2.34. The van der Waals surface area contributed by atoms with E-state index in [2.05, 4.69) is 19.2 Å². The number of halogens is 1. The molecular weight excluding hydrogens is 453 g/mol. The number of nitrogens with zero attached hydrogens (tertiary/aromatic N) is 2. The van der Waals surface area contributed by atoms with E-state index in [1.165, 1.54) is 17.0 Å². The third-order valence-corrected chi connectivity index (χ3v) is 6.96. The molecule has 0 fully saturated rings. The highest BCUT2D eigenvalue weighted by atomic mass is 32.1. The van der Waals surface area contributed by atoms with Crippen molar-refractivity contribution in [3.05, 3.63) is 52.0 Å². The van der Waals surface area contributed by atoms with E-state index in [0.717, 1.165) is 18.4 Å². The van der Waals surface area contributed by atoms with Crippen molar-refractivity contribution in [2.75, 3.05) is 26.2 Å². The summed E-state index contributed by atoms with van der Waals surface area (Å²) in [6, 6.07) is 7.44. The molecule has 0 bridgehead atoms. The maximum absolute atomic E-state index is 13.5. The number of hydrogen-bond donors (Lipinski definition) is 1. The SMILES string of the molecule is CC[C@H](C)CN(CC(=O)N1CCc2sccc2[C@H]1COc1ccc(F)cc1)C(=O)NC(C)(C)C. The standard InChI is InChI=1S/C26H36FN3O3S/c1-6-18(2)15-29(25(32)28-26(3,4)5)16-24(31)30-13-11-23-21(12-14-34-23)22(30)17-33-20-9-7-19(27)8-10-20/h7-10,12,14,18,22H,6,11,13,15-17H2,1-5H3,(H,28,32)/t18-,22+/m0/s1. The summed E-state index contributed by atoms with van der Waals surface area (Å²) in [7, 11) is 0. The molecule has 0 radical (unpaired) electrons. The van der Waals surface area contributed by atoms with Crippen molar-refractivity contribution in [2.24, 2.45) is 5.92 Å². The quantitative estimate of drug-likeness (QED) is 0.551. The first-order valence-corrected chi connectivity index (χ1v) is 12.8. The Morgan fingerprint density at radius 3 is 2.62 bits per heavy atom. The highest BCUT2D eigenvalue weighted by Crippen LogP contribution is 2.34. The van der Waals surface area contributed by atoms with Crippen LogP contribution in [0.3, 0.4) is 0 Å². The lowest BCUT2D eigenvalue weighted by Crippen LogP contribution is -2.53. The van der Waals surface area contributed by atoms with E-state index < -0.39 is 5.54 Å². The fraction of sp³-hybridized carbons (Fsp3) is 0.538. The summed E-state index contributed by atoms with van der Waals surface area (Å²) in [5.74, 6) is 0.411. The number of hydrogen-bond acceptors (Lipinski definition) is 4. The zero-order valence-electron chi connectivity index (χ0n) is 20.8. The Labute approximate surface area is 206 Å². The molecule has 0 unspecified atom stereocenters. The van der Waals surface area contributed by atoms with E-state index in [0.29, 0.717) is 18.8 Å². The van der Waals surface area contributed by atoms with Crippen LogP contribution in [-0.4, -0.2) is 53.5 Å². The molecule has 0 saturated heterocycles. The summed E-state index contributed by atoms with van der Waals surface area (Å²) >= 11 is 1.69. The van der Waals surface area contributed by atoms with Gasteiger partial charge in [0.05, 0.1) is 6.04 Å². The Hall–Kier alpha value is -2.61. The number of carbonyl (C=O) groups is 2. The van der Waals surface area contributed by atoms with Crippen molar-refractivity contribution in [3.63, 3.8) is 0 Å². The first-order valence-electron chi connectivity index (χ1n) is 11.9. The Morgan fingerprint density at radius 1 is 1.26 bits per heavy atom. The molecule has 6 nitrogen and oxygen atoms in total. The fourth-order valence-corrected chi connectivity index (χ4v) is 4.89. The monoisotopic (exact) mass is 489 g/mol. The molecule has 3 rings (SSSR count). The molecule has 1 aliphatic heterocycles. The summed E-state index contributed by atoms with van der Waals surface area (Å²) in [5.41, 5.74) is 0.690. The Balaban J connectivity index is 1.77. The zero-order chi connectivity index (χ0) is 24.9. The minimum absolute atomic E-state index is 0.0127. The topological polar surface area (TPSA) is 61.9 Å². The fourth-order valence-electron chi connectivity index (χ4n) is 3.96. The van der Waals surface area contributed by atoms with Gasteiger partial charge >= 0.3 is 6.03 Å². The van der Waals surface area contributed by atoms with Gasteiger partial charge in [-0.05, 0) is 74.4 Å². The average Bonchev–Trinajstić information content (AvgIpc) is 3.25. The minimum Gasteiger partial charge on any atom is -0.491 e. The van der Waals surface area contributed by atoms with Crippen molar-refractivity contribution < 1.29 is 18.7 Å². The van der Waals surface area contributed by atoms with Gasteiger partial charge in [0.1, 0.15) is 24.7 Å². The second-order valence-electron chi connectivity index (χ2n) is 9.99. The molecule has 2 heterocycles. The largest absolute Gasteiger partial charge is 0.491 e. The van der Waals surface area contributed by atoms with Crippen LogP contribution in [0.1, 0.15) is 57.5 Å². The highest BCUT2D eigenvalue weighted by molar-refractivity contribution is 7.10. The molecule has 34 heavy (non-hydrogen) atoms. The van der Waals surface area contributed by atoms with Crippen LogP contribution in [0, 0.1) is 11.7 Å². The van der Waals surface area contributed by atoms with Gasteiger partial charge in [0, 0.05) is 23.5 Å². The average molecular weight is 490 g/mol. The predicted octanol–water partition coefficient (Wildman–Crippen LogP) is 5.25. The van der Waals surface area contributed by atoms with Crippen LogP contribution in [-0.2, 0) is 11.2 Å². The van der Waals surface area contributed by atoms with Gasteiger partial charge in [-0.25, -0.2) is 9.18 Å². The molecule has 3 amide bonds. The maximum Gasteiger partial charge on any atom is 0.318 e. The summed E-state index contributed by atoms with van der Waals surface area (Å²) < 4.78 is 19.2. The molecule has 2 atom stereocenters. The van der Waals surface area contributed by atoms with Gasteiger partial charge in [0.15, 0.2) is 0 Å². The molecule has 0 spiro atoms. The normalized spacial score (nSPS) is 16.5. The first-order chi connectivity index (χ1) is 16.1. The summed E-state index contributed by atoms with van der Waals surface area (Å²) in [6.45, 7) is 11.3. The van der Waals surface area contributed by atoms with Crippen molar-refractivity contribution in [2.45, 2.75) is 59.0 Å². The van der Waals surface area contributed by atoms with Crippen LogP contribution < -0.4 is 10.1 Å². The number of carbonyl (C=O) groups excluding carboxylic acids is 2. The van der Waals surface area contributed by atoms with Crippen molar-refractivity contribution in [1.82, 2.24) is 15.1 Å². The lowest BCUT2D eigenvalue weighted by atomic mass is 10.00. The molecule has 1 aromatic carbocycles. The molecule has 2 aromatic rings. The van der Waals surface area contributed by atoms with Gasteiger partial charge in [0.25, 0.3) is 0 Å². The minimum atomic E-state index is -0.393. The van der Waals surface area contributed by atoms with E-state index in [9.17, 15) is 14.0 Å². The number of ether oxygens (including phenoxy) is 1. The Morgan fingerprint density at radius 2 is 1.97 bits per heavy atom. The van der Waals surface area contributed by atoms with Crippen LogP contribution in [0.15, 0.2) is 35.7 Å². The lowest BCUT2D eigenvalue weighted by Gasteiger charge is -2.37. The molecule has 186 valence electrons. The molecule has 0 aliphatic carbocycles. The Kier molecular flexibility index (Phi) is 8.57. The van der Waals surface area contributed by atoms with Crippen LogP contribution in [0.2, 0.25) is 0 Å². The number of rotatable bonds is 8. The molecular formula is C26H36FN3O3S. The van der Waals surface area contributed by atoms with Crippen LogP contribution in [0.25, 0.3) is 0 Å². The van der Waals surface area contributed by atoms with Gasteiger partial charge in [-0.1, -0.05) is 20.3 Å². The summed E-state index contributed by atoms with van der Waals surface area (Å²) in [4.78, 5) is 31.2. The zero-order valence-corrected chi connectivity index (χ0v) is 21.6. The number of benzene rings is 1. The number of nitrogens with one attached hydrogen (secondary N) is 1. The van der Waals surface area contributed by atoms with Crippen LogP contribution in [0.5, 0.6) is 5.75 Å². The molecule has 0 saturated carbocycles. The second kappa shape index (κ2) is 11.2. The number of thiophene rings is 1. The van der Waals surface area contributed by atoms with E-state index in [-0.39, 0.29) is 42.9 Å². The van der Waals surface area contributed by atoms with Gasteiger partial charge in [-0.15, -0.1) is 11.3 Å². The third kappa shape index (κ3) is 6.95. The van der Waals surface area contributed by atoms with E-state index in [4.69, 9.17) is 4.74 Å². The van der Waals surface area contributed by atoms with Crippen LogP contribution >= 0.6 is 11.3 Å². The van der Waals surface area contributed by atoms with Crippen molar-refractivity contribution >= 4 is 23.3 Å². The van der Waals surface area contributed by atoms with Gasteiger partial charge in [-0.3, -0.25) is 4.79 Å². The predicted molar refractivity (Wildman–Crippen MR) is 134 cm³/mol. The van der Waals surface area contributed by atoms with Crippen molar-refractivity contribution in [3.8, 4) is 5.75 Å². The summed E-state index contributed by atoms with van der Waals surface area (Å²) in [5, 5.41) is 5.03. The van der Waals surface area contributed by atoms with Crippen molar-refractivity contribution in [1.29, 1.82) is 0 Å². The molecule has 1 aliphatic rings. The van der Waals surface area contributed by atoms with Gasteiger partial charge < -0.3 is 19.9 Å². The number of amides is 3. The number of urea groups is 1. The Bertz CT molecular complexity index is 970. The molecule has 1 N–H and O–H groups in total. The van der Waals surface area contributed by atoms with E-state index in [1.54, 1.807) is 28.4 Å². The van der Waals surface area contributed by atoms with Crippen LogP contribution in [0.4, 0.5) is 9.18 Å². The first kappa shape index (κ1) is 26.0. The van der Waals surface area contributed by atoms with E-state index >= 15 is 0 Å². The van der Waals surface area contributed by atoms with Gasteiger partial charge in [-0.2, -0.15) is 0 Å². The molecule has 1 aromatic heterocycles. The van der Waals surface area contributed by atoms with E-state index in [1.807, 2.05) is 37.1 Å². The molecule has 8 heteroatoms. The van der Waals surface area contributed by atoms with Gasteiger partial charge in [0.2, 0.25) is 5.91 Å².